The molecule has 1 unspecified atom stereocenters. The van der Waals surface area contributed by atoms with E-state index >= 15 is 0 Å². The Morgan fingerprint density at radius 2 is 1.95 bits per heavy atom. The van der Waals surface area contributed by atoms with Crippen molar-refractivity contribution in [2.45, 2.75) is 19.9 Å². The topological polar surface area (TPSA) is 97.0 Å². The van der Waals surface area contributed by atoms with Gasteiger partial charge in [0, 0.05) is 19.6 Å². The molecule has 0 spiro atoms. The highest BCUT2D eigenvalue weighted by Gasteiger charge is 2.31. The second-order valence-electron chi connectivity index (χ2n) is 4.21. The Labute approximate surface area is 117 Å². The molecule has 0 aromatic carbocycles. The van der Waals surface area contributed by atoms with Crippen molar-refractivity contribution in [2.24, 2.45) is 0 Å². The normalized spacial score (nSPS) is 19.2. The Hall–Kier alpha value is -1.67. The molecule has 1 atom stereocenters. The third kappa shape index (κ3) is 5.14. The lowest BCUT2D eigenvalue weighted by Crippen LogP contribution is -2.57. The van der Waals surface area contributed by atoms with E-state index in [9.17, 15) is 14.4 Å². The minimum atomic E-state index is -0.777. The van der Waals surface area contributed by atoms with E-state index in [1.165, 1.54) is 0 Å². The predicted molar refractivity (Wildman–Crippen MR) is 70.0 cm³/mol. The Morgan fingerprint density at radius 1 is 1.25 bits per heavy atom. The number of amides is 2. The van der Waals surface area contributed by atoms with Crippen LogP contribution >= 0.6 is 0 Å². The lowest BCUT2D eigenvalue weighted by Gasteiger charge is -2.33. The van der Waals surface area contributed by atoms with Crippen molar-refractivity contribution >= 4 is 18.0 Å². The number of nitrogens with zero attached hydrogens (tertiary/aromatic N) is 1. The van der Waals surface area contributed by atoms with Gasteiger partial charge in [0.25, 0.3) is 0 Å². The standard InChI is InChI=1S/C12H21N3O5/c1-3-19-11(17)9-7-13-5-6-15(9)8-10(16)14-12(18)20-4-2/h9,13H,3-8H2,1-2H3,(H,14,16,18). The van der Waals surface area contributed by atoms with Crippen molar-refractivity contribution in [3.63, 3.8) is 0 Å². The van der Waals surface area contributed by atoms with E-state index in [1.54, 1.807) is 18.7 Å². The van der Waals surface area contributed by atoms with Gasteiger partial charge < -0.3 is 14.8 Å². The van der Waals surface area contributed by atoms with Crippen LogP contribution in [0, 0.1) is 0 Å². The lowest BCUT2D eigenvalue weighted by molar-refractivity contribution is -0.150. The van der Waals surface area contributed by atoms with Crippen LogP contribution in [0.25, 0.3) is 0 Å². The number of piperazine rings is 1. The van der Waals surface area contributed by atoms with Gasteiger partial charge in [-0.05, 0) is 13.8 Å². The Bertz CT molecular complexity index is 361. The zero-order valence-corrected chi connectivity index (χ0v) is 11.8. The summed E-state index contributed by atoms with van der Waals surface area (Å²) < 4.78 is 9.59. The molecule has 2 amide bonds. The van der Waals surface area contributed by atoms with Crippen LogP contribution in [-0.4, -0.2) is 68.3 Å². The van der Waals surface area contributed by atoms with E-state index in [0.717, 1.165) is 0 Å². The first-order valence-electron chi connectivity index (χ1n) is 6.66. The molecule has 8 nitrogen and oxygen atoms in total. The molecule has 20 heavy (non-hydrogen) atoms. The van der Waals surface area contributed by atoms with E-state index in [4.69, 9.17) is 4.74 Å². The van der Waals surface area contributed by atoms with Gasteiger partial charge in [-0.3, -0.25) is 19.8 Å². The first-order valence-corrected chi connectivity index (χ1v) is 6.66. The van der Waals surface area contributed by atoms with E-state index in [2.05, 4.69) is 15.4 Å². The number of imide groups is 1. The van der Waals surface area contributed by atoms with E-state index < -0.39 is 18.0 Å². The first-order chi connectivity index (χ1) is 9.58. The van der Waals surface area contributed by atoms with E-state index in [-0.39, 0.29) is 25.7 Å². The average Bonchev–Trinajstić information content (AvgIpc) is 2.39. The van der Waals surface area contributed by atoms with Crippen molar-refractivity contribution in [2.75, 3.05) is 39.4 Å². The maximum Gasteiger partial charge on any atom is 0.413 e. The smallest absolute Gasteiger partial charge is 0.413 e. The molecule has 1 saturated heterocycles. The summed E-state index contributed by atoms with van der Waals surface area (Å²) in [6.45, 7) is 5.43. The highest BCUT2D eigenvalue weighted by atomic mass is 16.5. The number of esters is 1. The molecule has 8 heteroatoms. The maximum atomic E-state index is 11.8. The molecule has 0 aromatic heterocycles. The van der Waals surface area contributed by atoms with Gasteiger partial charge in [-0.25, -0.2) is 4.79 Å². The summed E-state index contributed by atoms with van der Waals surface area (Å²) in [7, 11) is 0. The zero-order valence-electron chi connectivity index (χ0n) is 11.8. The van der Waals surface area contributed by atoms with Crippen LogP contribution in [0.5, 0.6) is 0 Å². The molecule has 1 heterocycles. The molecule has 1 aliphatic heterocycles. The fraction of sp³-hybridized carbons (Fsp3) is 0.750. The summed E-state index contributed by atoms with van der Waals surface area (Å²) in [4.78, 5) is 36.3. The third-order valence-corrected chi connectivity index (χ3v) is 2.78. The number of carbonyl (C=O) groups is 3. The van der Waals surface area contributed by atoms with Gasteiger partial charge in [0.1, 0.15) is 6.04 Å². The number of alkyl carbamates (subject to hydrolysis) is 1. The Kier molecular flexibility index (Phi) is 6.96. The molecule has 0 aliphatic carbocycles. The highest BCUT2D eigenvalue weighted by Crippen LogP contribution is 2.05. The third-order valence-electron chi connectivity index (χ3n) is 2.78. The molecule has 0 radical (unpaired) electrons. The molecule has 1 fully saturated rings. The van der Waals surface area contributed by atoms with Crippen LogP contribution in [0.15, 0.2) is 0 Å². The van der Waals surface area contributed by atoms with Crippen molar-refractivity contribution in [1.82, 2.24) is 15.5 Å². The molecular weight excluding hydrogens is 266 g/mol. The number of carbonyl (C=O) groups excluding carboxylic acids is 3. The number of hydrogen-bond donors (Lipinski definition) is 2. The van der Waals surface area contributed by atoms with Crippen LogP contribution < -0.4 is 10.6 Å². The minimum Gasteiger partial charge on any atom is -0.465 e. The zero-order chi connectivity index (χ0) is 15.0. The lowest BCUT2D eigenvalue weighted by atomic mass is 10.2. The summed E-state index contributed by atoms with van der Waals surface area (Å²) in [6, 6.07) is -0.517. The van der Waals surface area contributed by atoms with Gasteiger partial charge in [0.05, 0.1) is 19.8 Å². The van der Waals surface area contributed by atoms with Crippen molar-refractivity contribution in [3.05, 3.63) is 0 Å². The van der Waals surface area contributed by atoms with E-state index in [0.29, 0.717) is 19.6 Å². The number of ether oxygens (including phenoxy) is 2. The molecule has 1 aliphatic rings. The summed E-state index contributed by atoms with van der Waals surface area (Å²) in [5, 5.41) is 5.18. The first kappa shape index (κ1) is 16.4. The van der Waals surface area contributed by atoms with Crippen LogP contribution in [0.1, 0.15) is 13.8 Å². The number of nitrogens with one attached hydrogen (secondary N) is 2. The second-order valence-corrected chi connectivity index (χ2v) is 4.21. The van der Waals surface area contributed by atoms with Crippen molar-refractivity contribution in [1.29, 1.82) is 0 Å². The fourth-order valence-electron chi connectivity index (χ4n) is 1.91. The second kappa shape index (κ2) is 8.49. The molecule has 0 aromatic rings. The maximum absolute atomic E-state index is 11.8. The molecule has 2 N–H and O–H groups in total. The molecule has 1 rings (SSSR count). The van der Waals surface area contributed by atoms with Crippen LogP contribution in [0.2, 0.25) is 0 Å². The fourth-order valence-corrected chi connectivity index (χ4v) is 1.91. The number of hydrogen-bond acceptors (Lipinski definition) is 7. The van der Waals surface area contributed by atoms with Crippen LogP contribution in [0.4, 0.5) is 4.79 Å². The van der Waals surface area contributed by atoms with Crippen LogP contribution in [-0.2, 0) is 19.1 Å². The average molecular weight is 287 g/mol. The molecular formula is C12H21N3O5. The van der Waals surface area contributed by atoms with Crippen molar-refractivity contribution < 1.29 is 23.9 Å². The quantitative estimate of drug-likeness (QED) is 0.632. The number of rotatable bonds is 5. The summed E-state index contributed by atoms with van der Waals surface area (Å²) >= 11 is 0. The van der Waals surface area contributed by atoms with Gasteiger partial charge in [0.2, 0.25) is 5.91 Å². The SMILES string of the molecule is CCOC(=O)NC(=O)CN1CCNCC1C(=O)OCC. The van der Waals surface area contributed by atoms with E-state index in [1.807, 2.05) is 0 Å². The van der Waals surface area contributed by atoms with Gasteiger partial charge >= 0.3 is 12.1 Å². The minimum absolute atomic E-state index is 0.0516. The van der Waals surface area contributed by atoms with Crippen LogP contribution in [0.3, 0.4) is 0 Å². The summed E-state index contributed by atoms with van der Waals surface area (Å²) in [6.07, 6.45) is -0.777. The molecule has 114 valence electrons. The van der Waals surface area contributed by atoms with Gasteiger partial charge in [-0.1, -0.05) is 0 Å². The molecule has 0 bridgehead atoms. The monoisotopic (exact) mass is 287 g/mol. The summed E-state index contributed by atoms with van der Waals surface area (Å²) in [5.41, 5.74) is 0. The largest absolute Gasteiger partial charge is 0.465 e. The molecule has 0 saturated carbocycles. The summed E-state index contributed by atoms with van der Waals surface area (Å²) in [5.74, 6) is -0.872. The van der Waals surface area contributed by atoms with Gasteiger partial charge in [-0.15, -0.1) is 0 Å². The Balaban J connectivity index is 2.51. The predicted octanol–water partition coefficient (Wildman–Crippen LogP) is -0.904. The van der Waals surface area contributed by atoms with Gasteiger partial charge in [0.15, 0.2) is 0 Å². The van der Waals surface area contributed by atoms with Gasteiger partial charge in [-0.2, -0.15) is 0 Å². The Morgan fingerprint density at radius 3 is 2.60 bits per heavy atom. The van der Waals surface area contributed by atoms with Crippen molar-refractivity contribution in [3.8, 4) is 0 Å². The highest BCUT2D eigenvalue weighted by molar-refractivity contribution is 5.93.